The standard InChI is InChI=1S/C23H27F2N5O2S/c1-23(2,3)20-19(28-22(33-20)18-16(24)5-4-6-17(18)25)21(31)27-15-13-26-30(14-15)8-7-29-9-11-32-12-10-29/h4-6,13-14H,7-12H2,1-3H3,(H,27,31). The Morgan fingerprint density at radius 2 is 1.88 bits per heavy atom. The minimum absolute atomic E-state index is 0.141. The van der Waals surface area contributed by atoms with Crippen LogP contribution in [0.5, 0.6) is 0 Å². The van der Waals surface area contributed by atoms with E-state index in [1.54, 1.807) is 17.1 Å². The van der Waals surface area contributed by atoms with E-state index in [0.717, 1.165) is 44.2 Å². The summed E-state index contributed by atoms with van der Waals surface area (Å²) in [5.41, 5.74) is 0.0368. The van der Waals surface area contributed by atoms with Gasteiger partial charge in [-0.15, -0.1) is 11.3 Å². The highest BCUT2D eigenvalue weighted by Gasteiger charge is 2.29. The molecule has 2 aromatic heterocycles. The van der Waals surface area contributed by atoms with E-state index in [4.69, 9.17) is 4.74 Å². The van der Waals surface area contributed by atoms with Crippen LogP contribution < -0.4 is 5.32 Å². The van der Waals surface area contributed by atoms with Crippen molar-refractivity contribution >= 4 is 22.9 Å². The molecule has 1 fully saturated rings. The summed E-state index contributed by atoms with van der Waals surface area (Å²) >= 11 is 1.13. The molecule has 0 atom stereocenters. The summed E-state index contributed by atoms with van der Waals surface area (Å²) in [5.74, 6) is -1.86. The zero-order chi connectivity index (χ0) is 23.6. The van der Waals surface area contributed by atoms with Gasteiger partial charge in [0.05, 0.1) is 37.2 Å². The molecular formula is C23H27F2N5O2S. The number of ether oxygens (including phenoxy) is 1. The molecule has 1 amide bonds. The van der Waals surface area contributed by atoms with Gasteiger partial charge in [0.2, 0.25) is 0 Å². The molecule has 1 aliphatic heterocycles. The van der Waals surface area contributed by atoms with Crippen molar-refractivity contribution < 1.29 is 18.3 Å². The first-order valence-electron chi connectivity index (χ1n) is 10.8. The van der Waals surface area contributed by atoms with Crippen LogP contribution in [0, 0.1) is 11.6 Å². The number of aromatic nitrogens is 3. The first-order chi connectivity index (χ1) is 15.7. The lowest BCUT2D eigenvalue weighted by Crippen LogP contribution is -2.38. The van der Waals surface area contributed by atoms with E-state index >= 15 is 0 Å². The number of halogens is 2. The van der Waals surface area contributed by atoms with Crippen molar-refractivity contribution in [1.29, 1.82) is 0 Å². The van der Waals surface area contributed by atoms with Crippen LogP contribution in [-0.4, -0.2) is 58.4 Å². The number of hydrogen-bond donors (Lipinski definition) is 1. The van der Waals surface area contributed by atoms with Gasteiger partial charge in [-0.05, 0) is 17.5 Å². The highest BCUT2D eigenvalue weighted by atomic mass is 32.1. The van der Waals surface area contributed by atoms with E-state index < -0.39 is 23.0 Å². The van der Waals surface area contributed by atoms with E-state index in [9.17, 15) is 13.6 Å². The zero-order valence-corrected chi connectivity index (χ0v) is 19.7. The third-order valence-electron chi connectivity index (χ3n) is 5.34. The van der Waals surface area contributed by atoms with Crippen molar-refractivity contribution in [1.82, 2.24) is 19.7 Å². The normalized spacial score (nSPS) is 15.1. The lowest BCUT2D eigenvalue weighted by Gasteiger charge is -2.26. The monoisotopic (exact) mass is 475 g/mol. The Labute approximate surface area is 195 Å². The summed E-state index contributed by atoms with van der Waals surface area (Å²) in [7, 11) is 0. The molecule has 0 unspecified atom stereocenters. The van der Waals surface area contributed by atoms with E-state index in [0.29, 0.717) is 17.1 Å². The van der Waals surface area contributed by atoms with Crippen LogP contribution >= 0.6 is 11.3 Å². The van der Waals surface area contributed by atoms with Gasteiger partial charge in [0.1, 0.15) is 22.3 Å². The lowest BCUT2D eigenvalue weighted by atomic mass is 9.93. The Balaban J connectivity index is 1.52. The molecule has 7 nitrogen and oxygen atoms in total. The van der Waals surface area contributed by atoms with Gasteiger partial charge in [-0.1, -0.05) is 26.8 Å². The summed E-state index contributed by atoms with van der Waals surface area (Å²) in [4.78, 5) is 20.4. The average Bonchev–Trinajstić information content (AvgIpc) is 3.40. The van der Waals surface area contributed by atoms with E-state index in [-0.39, 0.29) is 16.3 Å². The second-order valence-electron chi connectivity index (χ2n) is 8.94. The van der Waals surface area contributed by atoms with Crippen molar-refractivity contribution in [2.75, 3.05) is 38.2 Å². The number of nitrogens with one attached hydrogen (secondary N) is 1. The largest absolute Gasteiger partial charge is 0.379 e. The molecule has 1 aromatic carbocycles. The Morgan fingerprint density at radius 3 is 2.55 bits per heavy atom. The number of benzene rings is 1. The van der Waals surface area contributed by atoms with Crippen LogP contribution in [0.4, 0.5) is 14.5 Å². The van der Waals surface area contributed by atoms with E-state index in [1.165, 1.54) is 18.2 Å². The second kappa shape index (κ2) is 9.66. The van der Waals surface area contributed by atoms with Crippen LogP contribution in [0.25, 0.3) is 10.6 Å². The number of amides is 1. The predicted octanol–water partition coefficient (Wildman–Crippen LogP) is 4.17. The number of hydrogen-bond acceptors (Lipinski definition) is 6. The van der Waals surface area contributed by atoms with Gasteiger partial charge in [-0.2, -0.15) is 5.10 Å². The fraction of sp³-hybridized carbons (Fsp3) is 0.435. The van der Waals surface area contributed by atoms with Gasteiger partial charge in [0, 0.05) is 30.7 Å². The van der Waals surface area contributed by atoms with Gasteiger partial charge in [0.15, 0.2) is 0 Å². The number of carbonyl (C=O) groups is 1. The molecule has 0 spiro atoms. The van der Waals surface area contributed by atoms with Crippen molar-refractivity contribution in [2.45, 2.75) is 32.7 Å². The van der Waals surface area contributed by atoms with Gasteiger partial charge < -0.3 is 10.1 Å². The van der Waals surface area contributed by atoms with Crippen LogP contribution in [0.2, 0.25) is 0 Å². The van der Waals surface area contributed by atoms with Crippen molar-refractivity contribution in [2.24, 2.45) is 0 Å². The molecule has 176 valence electrons. The van der Waals surface area contributed by atoms with Gasteiger partial charge >= 0.3 is 0 Å². The molecule has 1 aliphatic rings. The summed E-state index contributed by atoms with van der Waals surface area (Å²) in [5, 5.41) is 7.29. The molecule has 3 aromatic rings. The summed E-state index contributed by atoms with van der Waals surface area (Å²) in [6.45, 7) is 10.6. The third kappa shape index (κ3) is 5.45. The Bertz CT molecular complexity index is 1110. The Kier molecular flexibility index (Phi) is 6.87. The van der Waals surface area contributed by atoms with Gasteiger partial charge in [0.25, 0.3) is 5.91 Å². The average molecular weight is 476 g/mol. The molecule has 0 bridgehead atoms. The molecule has 4 rings (SSSR count). The van der Waals surface area contributed by atoms with Crippen molar-refractivity contribution in [3.05, 3.63) is 52.8 Å². The molecule has 1 saturated heterocycles. The van der Waals surface area contributed by atoms with Crippen LogP contribution in [0.15, 0.2) is 30.6 Å². The number of rotatable bonds is 6. The maximum Gasteiger partial charge on any atom is 0.275 e. The summed E-state index contributed by atoms with van der Waals surface area (Å²) in [6, 6.07) is 3.67. The second-order valence-corrected chi connectivity index (χ2v) is 9.94. The lowest BCUT2D eigenvalue weighted by molar-refractivity contribution is 0.0360. The Morgan fingerprint density at radius 1 is 1.18 bits per heavy atom. The van der Waals surface area contributed by atoms with Crippen LogP contribution in [-0.2, 0) is 16.7 Å². The molecule has 0 saturated carbocycles. The molecule has 10 heteroatoms. The van der Waals surface area contributed by atoms with Gasteiger partial charge in [-0.25, -0.2) is 13.8 Å². The van der Waals surface area contributed by atoms with E-state index in [1.807, 2.05) is 20.8 Å². The number of carbonyl (C=O) groups excluding carboxylic acids is 1. The molecule has 0 radical (unpaired) electrons. The fourth-order valence-electron chi connectivity index (χ4n) is 3.60. The predicted molar refractivity (Wildman–Crippen MR) is 124 cm³/mol. The smallest absolute Gasteiger partial charge is 0.275 e. The topological polar surface area (TPSA) is 72.3 Å². The highest BCUT2D eigenvalue weighted by molar-refractivity contribution is 7.15. The number of nitrogens with zero attached hydrogens (tertiary/aromatic N) is 4. The van der Waals surface area contributed by atoms with Crippen molar-refractivity contribution in [3.63, 3.8) is 0 Å². The first-order valence-corrected chi connectivity index (χ1v) is 11.6. The number of anilines is 1. The Hall–Kier alpha value is -2.69. The van der Waals surface area contributed by atoms with Gasteiger partial charge in [-0.3, -0.25) is 14.4 Å². The molecule has 0 aliphatic carbocycles. The molecule has 3 heterocycles. The SMILES string of the molecule is CC(C)(C)c1sc(-c2c(F)cccc2F)nc1C(=O)Nc1cnn(CCN2CCOCC2)c1. The summed E-state index contributed by atoms with van der Waals surface area (Å²) < 4.78 is 35.8. The first kappa shape index (κ1) is 23.5. The molecule has 33 heavy (non-hydrogen) atoms. The quantitative estimate of drug-likeness (QED) is 0.580. The zero-order valence-electron chi connectivity index (χ0n) is 18.9. The maximum absolute atomic E-state index is 14.3. The molecule has 1 N–H and O–H groups in total. The van der Waals surface area contributed by atoms with Crippen LogP contribution in [0.3, 0.4) is 0 Å². The highest BCUT2D eigenvalue weighted by Crippen LogP contribution is 2.38. The van der Waals surface area contributed by atoms with Crippen LogP contribution in [0.1, 0.15) is 36.1 Å². The summed E-state index contributed by atoms with van der Waals surface area (Å²) in [6.07, 6.45) is 3.34. The maximum atomic E-state index is 14.3. The minimum atomic E-state index is -0.710. The number of morpholine rings is 1. The fourth-order valence-corrected chi connectivity index (χ4v) is 4.77. The minimum Gasteiger partial charge on any atom is -0.379 e. The molecular weight excluding hydrogens is 448 g/mol. The number of thiazole rings is 1. The van der Waals surface area contributed by atoms with E-state index in [2.05, 4.69) is 20.3 Å². The van der Waals surface area contributed by atoms with Crippen molar-refractivity contribution in [3.8, 4) is 10.6 Å². The third-order valence-corrected chi connectivity index (χ3v) is 6.84.